The first-order valence-electron chi connectivity index (χ1n) is 5.54. The second-order valence-electron chi connectivity index (χ2n) is 3.71. The van der Waals surface area contributed by atoms with E-state index in [0.29, 0.717) is 11.1 Å². The van der Waals surface area contributed by atoms with Crippen LogP contribution in [0.2, 0.25) is 0 Å². The number of carbonyl (C=O) groups excluding carboxylic acids is 2. The quantitative estimate of drug-likeness (QED) is 0.827. The van der Waals surface area contributed by atoms with Gasteiger partial charge in [0.25, 0.3) is 5.91 Å². The van der Waals surface area contributed by atoms with E-state index in [0.717, 1.165) is 0 Å². The second kappa shape index (κ2) is 5.72. The fourth-order valence-electron chi connectivity index (χ4n) is 1.49. The lowest BCUT2D eigenvalue weighted by Crippen LogP contribution is -2.29. The van der Waals surface area contributed by atoms with E-state index < -0.39 is 0 Å². The zero-order valence-electron chi connectivity index (χ0n) is 9.67. The van der Waals surface area contributed by atoms with E-state index in [1.165, 1.54) is 0 Å². The van der Waals surface area contributed by atoms with Gasteiger partial charge in [-0.1, -0.05) is 18.2 Å². The van der Waals surface area contributed by atoms with E-state index in [-0.39, 0.29) is 18.2 Å². The Morgan fingerprint density at radius 3 is 2.28 bits per heavy atom. The molecule has 1 amide bonds. The first kappa shape index (κ1) is 12.0. The Hall–Kier alpha value is -2.49. The van der Waals surface area contributed by atoms with Gasteiger partial charge in [0.1, 0.15) is 0 Å². The van der Waals surface area contributed by atoms with Crippen LogP contribution in [0.4, 0.5) is 0 Å². The van der Waals surface area contributed by atoms with E-state index in [4.69, 9.17) is 0 Å². The Labute approximate surface area is 105 Å². The average molecular weight is 240 g/mol. The zero-order valence-corrected chi connectivity index (χ0v) is 9.67. The normalized spacial score (nSPS) is 9.78. The van der Waals surface area contributed by atoms with Crippen LogP contribution in [0.5, 0.6) is 0 Å². The average Bonchev–Trinajstić information content (AvgIpc) is 2.46. The Kier molecular flexibility index (Phi) is 3.81. The van der Waals surface area contributed by atoms with Gasteiger partial charge in [0.2, 0.25) is 0 Å². The topological polar surface area (TPSA) is 59.1 Å². The fourth-order valence-corrected chi connectivity index (χ4v) is 1.49. The van der Waals surface area contributed by atoms with Crippen molar-refractivity contribution in [1.29, 1.82) is 0 Å². The highest BCUT2D eigenvalue weighted by molar-refractivity contribution is 6.01. The molecule has 1 N–H and O–H groups in total. The maximum atomic E-state index is 11.7. The third-order valence-corrected chi connectivity index (χ3v) is 2.45. The maximum Gasteiger partial charge on any atom is 0.251 e. The lowest BCUT2D eigenvalue weighted by molar-refractivity contribution is 0.0904. The number of ketones is 1. The highest BCUT2D eigenvalue weighted by atomic mass is 16.2. The van der Waals surface area contributed by atoms with Crippen molar-refractivity contribution in [3.05, 3.63) is 66.0 Å². The van der Waals surface area contributed by atoms with Crippen LogP contribution >= 0.6 is 0 Å². The molecule has 0 bridgehead atoms. The summed E-state index contributed by atoms with van der Waals surface area (Å²) < 4.78 is 0. The Morgan fingerprint density at radius 1 is 0.944 bits per heavy atom. The monoisotopic (exact) mass is 240 g/mol. The van der Waals surface area contributed by atoms with Crippen LogP contribution in [0.15, 0.2) is 54.9 Å². The molecule has 90 valence electrons. The number of hydrogen-bond donors (Lipinski definition) is 1. The van der Waals surface area contributed by atoms with E-state index in [9.17, 15) is 9.59 Å². The fraction of sp³-hybridized carbons (Fsp3) is 0.0714. The van der Waals surface area contributed by atoms with Crippen LogP contribution in [0.1, 0.15) is 20.7 Å². The Morgan fingerprint density at radius 2 is 1.61 bits per heavy atom. The van der Waals surface area contributed by atoms with Crippen molar-refractivity contribution in [2.45, 2.75) is 0 Å². The smallest absolute Gasteiger partial charge is 0.251 e. The Balaban J connectivity index is 1.93. The number of benzene rings is 1. The van der Waals surface area contributed by atoms with Gasteiger partial charge in [-0.15, -0.1) is 0 Å². The van der Waals surface area contributed by atoms with Gasteiger partial charge in [-0.2, -0.15) is 0 Å². The number of pyridine rings is 1. The molecule has 1 aromatic carbocycles. The molecule has 0 spiro atoms. The molecule has 2 rings (SSSR count). The summed E-state index contributed by atoms with van der Waals surface area (Å²) in [6.07, 6.45) is 3.10. The molecule has 0 unspecified atom stereocenters. The van der Waals surface area contributed by atoms with E-state index >= 15 is 0 Å². The number of Topliss-reactive ketones (excluding diaryl/α,β-unsaturated/α-hetero) is 1. The number of rotatable bonds is 4. The van der Waals surface area contributed by atoms with Gasteiger partial charge in [0, 0.05) is 23.5 Å². The largest absolute Gasteiger partial charge is 0.345 e. The summed E-state index contributed by atoms with van der Waals surface area (Å²) in [6, 6.07) is 12.0. The molecule has 0 aliphatic heterocycles. The van der Waals surface area contributed by atoms with Crippen molar-refractivity contribution in [2.24, 2.45) is 0 Å². The third-order valence-electron chi connectivity index (χ3n) is 2.45. The van der Waals surface area contributed by atoms with Crippen LogP contribution in [0.3, 0.4) is 0 Å². The molecule has 1 aromatic heterocycles. The first-order chi connectivity index (χ1) is 8.77. The molecule has 0 atom stereocenters. The van der Waals surface area contributed by atoms with Crippen molar-refractivity contribution >= 4 is 11.7 Å². The minimum atomic E-state index is -0.252. The van der Waals surface area contributed by atoms with Crippen molar-refractivity contribution in [3.8, 4) is 0 Å². The summed E-state index contributed by atoms with van der Waals surface area (Å²) in [5, 5.41) is 2.59. The number of aromatic nitrogens is 1. The lowest BCUT2D eigenvalue weighted by Gasteiger charge is -2.04. The predicted octanol–water partition coefficient (Wildman–Crippen LogP) is 1.69. The van der Waals surface area contributed by atoms with Crippen LogP contribution in [-0.4, -0.2) is 23.2 Å². The molecule has 0 aliphatic rings. The molecule has 0 radical (unpaired) electrons. The first-order valence-corrected chi connectivity index (χ1v) is 5.54. The van der Waals surface area contributed by atoms with E-state index in [2.05, 4.69) is 10.3 Å². The van der Waals surface area contributed by atoms with Crippen LogP contribution < -0.4 is 5.32 Å². The highest BCUT2D eigenvalue weighted by Crippen LogP contribution is 1.99. The number of carbonyl (C=O) groups is 2. The molecule has 0 saturated carbocycles. The number of amides is 1. The van der Waals surface area contributed by atoms with Crippen molar-refractivity contribution in [2.75, 3.05) is 6.54 Å². The van der Waals surface area contributed by atoms with Gasteiger partial charge in [-0.05, 0) is 24.3 Å². The summed E-state index contributed by atoms with van der Waals surface area (Å²) in [7, 11) is 0. The maximum absolute atomic E-state index is 11.7. The van der Waals surface area contributed by atoms with Gasteiger partial charge in [-0.3, -0.25) is 14.6 Å². The number of nitrogens with zero attached hydrogens (tertiary/aromatic N) is 1. The van der Waals surface area contributed by atoms with Gasteiger partial charge in [0.15, 0.2) is 5.78 Å². The molecular formula is C14H12N2O2. The van der Waals surface area contributed by atoms with Crippen LogP contribution in [-0.2, 0) is 0 Å². The van der Waals surface area contributed by atoms with Crippen LogP contribution in [0, 0.1) is 0 Å². The summed E-state index contributed by atoms with van der Waals surface area (Å²) in [5.41, 5.74) is 1.08. The molecule has 4 heteroatoms. The Bertz CT molecular complexity index is 487. The molecular weight excluding hydrogens is 228 g/mol. The molecule has 2 aromatic rings. The van der Waals surface area contributed by atoms with Crippen LogP contribution in [0.25, 0.3) is 0 Å². The summed E-state index contributed by atoms with van der Waals surface area (Å²) in [5.74, 6) is -0.389. The number of nitrogens with one attached hydrogen (secondary N) is 1. The van der Waals surface area contributed by atoms with Crippen molar-refractivity contribution in [1.82, 2.24) is 10.3 Å². The minimum Gasteiger partial charge on any atom is -0.345 e. The summed E-state index contributed by atoms with van der Waals surface area (Å²) in [6.45, 7) is -0.0161. The molecule has 4 nitrogen and oxygen atoms in total. The molecule has 18 heavy (non-hydrogen) atoms. The minimum absolute atomic E-state index is 0.0161. The SMILES string of the molecule is O=C(CNC(=O)c1ccccc1)c1ccncc1. The van der Waals surface area contributed by atoms with Gasteiger partial charge >= 0.3 is 0 Å². The highest BCUT2D eigenvalue weighted by Gasteiger charge is 2.08. The zero-order chi connectivity index (χ0) is 12.8. The number of hydrogen-bond acceptors (Lipinski definition) is 3. The van der Waals surface area contributed by atoms with Crippen molar-refractivity contribution < 1.29 is 9.59 Å². The molecule has 0 saturated heterocycles. The summed E-state index contributed by atoms with van der Waals surface area (Å²) >= 11 is 0. The lowest BCUT2D eigenvalue weighted by atomic mass is 10.1. The van der Waals surface area contributed by atoms with E-state index in [1.807, 2.05) is 6.07 Å². The third kappa shape index (κ3) is 3.01. The summed E-state index contributed by atoms with van der Waals surface area (Å²) in [4.78, 5) is 27.3. The predicted molar refractivity (Wildman–Crippen MR) is 67.3 cm³/mol. The molecule has 1 heterocycles. The standard InChI is InChI=1S/C14H12N2O2/c17-13(11-6-8-15-9-7-11)10-16-14(18)12-4-2-1-3-5-12/h1-9H,10H2,(H,16,18). The molecule has 0 aliphatic carbocycles. The van der Waals surface area contributed by atoms with E-state index in [1.54, 1.807) is 48.8 Å². The van der Waals surface area contributed by atoms with Gasteiger partial charge < -0.3 is 5.32 Å². The molecule has 0 fully saturated rings. The van der Waals surface area contributed by atoms with Gasteiger partial charge in [0.05, 0.1) is 6.54 Å². The van der Waals surface area contributed by atoms with Crippen molar-refractivity contribution in [3.63, 3.8) is 0 Å². The van der Waals surface area contributed by atoms with Gasteiger partial charge in [-0.25, -0.2) is 0 Å². The second-order valence-corrected chi connectivity index (χ2v) is 3.71.